The number of benzene rings is 1. The Labute approximate surface area is 120 Å². The van der Waals surface area contributed by atoms with E-state index in [-0.39, 0.29) is 15.9 Å². The zero-order chi connectivity index (χ0) is 14.9. The van der Waals surface area contributed by atoms with Crippen LogP contribution in [0.25, 0.3) is 0 Å². The number of sulfonamides is 1. The fraction of sp³-hybridized carbons (Fsp3) is 0.167. The molecule has 20 heavy (non-hydrogen) atoms. The van der Waals surface area contributed by atoms with Crippen molar-refractivity contribution in [2.45, 2.75) is 18.7 Å². The summed E-state index contributed by atoms with van der Waals surface area (Å²) in [6, 6.07) is 5.13. The molecule has 0 atom stereocenters. The fourth-order valence-electron chi connectivity index (χ4n) is 1.88. The van der Waals surface area contributed by atoms with Crippen LogP contribution < -0.4 is 4.72 Å². The SMILES string of the molecule is Cc1cc(F)cc(C)c1S(=O)(=O)Nc1ccc(Cl)nn1. The molecule has 0 radical (unpaired) electrons. The van der Waals surface area contributed by atoms with Crippen LogP contribution in [0.1, 0.15) is 11.1 Å². The highest BCUT2D eigenvalue weighted by Gasteiger charge is 2.21. The molecule has 0 amide bonds. The minimum atomic E-state index is -3.87. The van der Waals surface area contributed by atoms with Gasteiger partial charge in [0.15, 0.2) is 11.0 Å². The summed E-state index contributed by atoms with van der Waals surface area (Å²) in [7, 11) is -3.87. The van der Waals surface area contributed by atoms with Gasteiger partial charge in [0, 0.05) is 0 Å². The van der Waals surface area contributed by atoms with Gasteiger partial charge in [-0.1, -0.05) is 11.6 Å². The van der Waals surface area contributed by atoms with Crippen LogP contribution in [0.4, 0.5) is 10.2 Å². The van der Waals surface area contributed by atoms with Crippen LogP contribution in [0.15, 0.2) is 29.2 Å². The molecule has 1 heterocycles. The van der Waals surface area contributed by atoms with Gasteiger partial charge in [-0.2, -0.15) is 0 Å². The molecule has 2 rings (SSSR count). The van der Waals surface area contributed by atoms with Crippen molar-refractivity contribution in [1.29, 1.82) is 0 Å². The van der Waals surface area contributed by atoms with E-state index in [1.807, 2.05) is 0 Å². The molecule has 0 aliphatic heterocycles. The lowest BCUT2D eigenvalue weighted by atomic mass is 10.1. The van der Waals surface area contributed by atoms with Crippen molar-refractivity contribution in [3.05, 3.63) is 46.4 Å². The number of rotatable bonds is 3. The molecular weight excluding hydrogens is 305 g/mol. The molecule has 0 saturated heterocycles. The fourth-order valence-corrected chi connectivity index (χ4v) is 3.43. The summed E-state index contributed by atoms with van der Waals surface area (Å²) in [6.07, 6.45) is 0. The van der Waals surface area contributed by atoms with Crippen LogP contribution >= 0.6 is 11.6 Å². The molecule has 2 aromatic rings. The minimum Gasteiger partial charge on any atom is -0.262 e. The molecule has 0 aliphatic rings. The highest BCUT2D eigenvalue weighted by Crippen LogP contribution is 2.23. The van der Waals surface area contributed by atoms with Crippen LogP contribution in [0.3, 0.4) is 0 Å². The molecule has 1 aromatic carbocycles. The van der Waals surface area contributed by atoms with E-state index < -0.39 is 15.8 Å². The zero-order valence-electron chi connectivity index (χ0n) is 10.7. The van der Waals surface area contributed by atoms with E-state index in [9.17, 15) is 12.8 Å². The zero-order valence-corrected chi connectivity index (χ0v) is 12.3. The summed E-state index contributed by atoms with van der Waals surface area (Å²) >= 11 is 5.58. The van der Waals surface area contributed by atoms with Crippen molar-refractivity contribution < 1.29 is 12.8 Å². The van der Waals surface area contributed by atoms with Crippen molar-refractivity contribution in [2.75, 3.05) is 4.72 Å². The van der Waals surface area contributed by atoms with Gasteiger partial charge < -0.3 is 0 Å². The molecule has 0 unspecified atom stereocenters. The average molecular weight is 316 g/mol. The van der Waals surface area contributed by atoms with E-state index in [2.05, 4.69) is 14.9 Å². The Morgan fingerprint density at radius 2 is 1.75 bits per heavy atom. The second-order valence-electron chi connectivity index (χ2n) is 4.22. The van der Waals surface area contributed by atoms with Crippen molar-refractivity contribution in [1.82, 2.24) is 10.2 Å². The Bertz CT molecular complexity index is 725. The molecular formula is C12H11ClFN3O2S. The normalized spacial score (nSPS) is 11.4. The highest BCUT2D eigenvalue weighted by molar-refractivity contribution is 7.92. The van der Waals surface area contributed by atoms with Gasteiger partial charge in [0.1, 0.15) is 5.82 Å². The molecule has 106 valence electrons. The Kier molecular flexibility index (Phi) is 3.92. The van der Waals surface area contributed by atoms with Gasteiger partial charge in [-0.25, -0.2) is 12.8 Å². The first kappa shape index (κ1) is 14.7. The first-order chi connectivity index (χ1) is 9.29. The number of hydrogen-bond donors (Lipinski definition) is 1. The third-order valence-electron chi connectivity index (χ3n) is 2.56. The largest absolute Gasteiger partial charge is 0.263 e. The molecule has 0 bridgehead atoms. The number of aromatic nitrogens is 2. The van der Waals surface area contributed by atoms with E-state index in [0.29, 0.717) is 11.1 Å². The second-order valence-corrected chi connectivity index (χ2v) is 6.22. The van der Waals surface area contributed by atoms with Crippen LogP contribution in [-0.4, -0.2) is 18.6 Å². The predicted octanol–water partition coefficient (Wildman–Crippen LogP) is 2.69. The third kappa shape index (κ3) is 3.05. The highest BCUT2D eigenvalue weighted by atomic mass is 35.5. The average Bonchev–Trinajstić information content (AvgIpc) is 2.30. The lowest BCUT2D eigenvalue weighted by Crippen LogP contribution is -2.17. The summed E-state index contributed by atoms with van der Waals surface area (Å²) < 4.78 is 40.1. The smallest absolute Gasteiger partial charge is 0.262 e. The summed E-state index contributed by atoms with van der Waals surface area (Å²) in [4.78, 5) is 0.0238. The lowest BCUT2D eigenvalue weighted by molar-refractivity contribution is 0.597. The Balaban J connectivity index is 2.43. The van der Waals surface area contributed by atoms with Crippen molar-refractivity contribution in [2.24, 2.45) is 0 Å². The number of halogens is 2. The molecule has 5 nitrogen and oxygen atoms in total. The van der Waals surface area contributed by atoms with Crippen LogP contribution in [0.5, 0.6) is 0 Å². The van der Waals surface area contributed by atoms with Gasteiger partial charge in [-0.3, -0.25) is 4.72 Å². The van der Waals surface area contributed by atoms with E-state index in [1.54, 1.807) is 0 Å². The maximum Gasteiger partial charge on any atom is 0.263 e. The van der Waals surface area contributed by atoms with E-state index in [0.717, 1.165) is 12.1 Å². The summed E-state index contributed by atoms with van der Waals surface area (Å²) in [6.45, 7) is 3.05. The molecule has 1 aromatic heterocycles. The van der Waals surface area contributed by atoms with Crippen molar-refractivity contribution >= 4 is 27.4 Å². The molecule has 1 N–H and O–H groups in total. The van der Waals surface area contributed by atoms with Crippen LogP contribution in [0.2, 0.25) is 5.15 Å². The molecule has 8 heteroatoms. The van der Waals surface area contributed by atoms with Gasteiger partial charge in [-0.05, 0) is 49.2 Å². The number of nitrogens with zero attached hydrogens (tertiary/aromatic N) is 2. The predicted molar refractivity (Wildman–Crippen MR) is 73.7 cm³/mol. The lowest BCUT2D eigenvalue weighted by Gasteiger charge is -2.12. The summed E-state index contributed by atoms with van der Waals surface area (Å²) in [5.74, 6) is -0.442. The Morgan fingerprint density at radius 1 is 1.15 bits per heavy atom. The Hall–Kier alpha value is -1.73. The second kappa shape index (κ2) is 5.34. The summed E-state index contributed by atoms with van der Waals surface area (Å²) in [5.41, 5.74) is 0.633. The van der Waals surface area contributed by atoms with Crippen LogP contribution in [-0.2, 0) is 10.0 Å². The van der Waals surface area contributed by atoms with Crippen LogP contribution in [0, 0.1) is 19.7 Å². The van der Waals surface area contributed by atoms with Gasteiger partial charge >= 0.3 is 0 Å². The number of hydrogen-bond acceptors (Lipinski definition) is 4. The van der Waals surface area contributed by atoms with E-state index in [4.69, 9.17) is 11.6 Å². The first-order valence-corrected chi connectivity index (χ1v) is 7.44. The first-order valence-electron chi connectivity index (χ1n) is 5.58. The number of anilines is 1. The minimum absolute atomic E-state index is 0.0238. The number of aryl methyl sites for hydroxylation is 2. The molecule has 0 aliphatic carbocycles. The van der Waals surface area contributed by atoms with Crippen molar-refractivity contribution in [3.8, 4) is 0 Å². The maximum absolute atomic E-state index is 13.2. The topological polar surface area (TPSA) is 72.0 Å². The number of nitrogens with one attached hydrogen (secondary N) is 1. The van der Waals surface area contributed by atoms with E-state index in [1.165, 1.54) is 26.0 Å². The maximum atomic E-state index is 13.2. The van der Waals surface area contributed by atoms with E-state index >= 15 is 0 Å². The monoisotopic (exact) mass is 315 g/mol. The van der Waals surface area contributed by atoms with Crippen molar-refractivity contribution in [3.63, 3.8) is 0 Å². The standard InChI is InChI=1S/C12H11ClFN3O2S/c1-7-5-9(14)6-8(2)12(7)20(18,19)17-11-4-3-10(13)15-16-11/h3-6H,1-2H3,(H,16,17). The third-order valence-corrected chi connectivity index (χ3v) is 4.43. The Morgan fingerprint density at radius 3 is 2.25 bits per heavy atom. The molecule has 0 saturated carbocycles. The van der Waals surface area contributed by atoms with Gasteiger partial charge in [0.05, 0.1) is 4.90 Å². The molecule has 0 fully saturated rings. The van der Waals surface area contributed by atoms with Gasteiger partial charge in [0.25, 0.3) is 10.0 Å². The van der Waals surface area contributed by atoms with Gasteiger partial charge in [0.2, 0.25) is 0 Å². The molecule has 0 spiro atoms. The quantitative estimate of drug-likeness (QED) is 0.945. The van der Waals surface area contributed by atoms with Gasteiger partial charge in [-0.15, -0.1) is 10.2 Å². The summed E-state index contributed by atoms with van der Waals surface area (Å²) in [5, 5.41) is 7.32.